The number of nitrogens with zero attached hydrogens (tertiary/aromatic N) is 1. The quantitative estimate of drug-likeness (QED) is 0.710. The van der Waals surface area contributed by atoms with Gasteiger partial charge in [-0.05, 0) is 20.8 Å². The number of morpholine rings is 1. The highest BCUT2D eigenvalue weighted by Gasteiger charge is 2.50. The molecule has 2 aliphatic rings. The first-order chi connectivity index (χ1) is 8.79. The number of rotatable bonds is 2. The summed E-state index contributed by atoms with van der Waals surface area (Å²) in [5.41, 5.74) is 2.09. The fraction of sp³-hybridized carbons (Fsp3) is 0.833. The summed E-state index contributed by atoms with van der Waals surface area (Å²) in [6, 6.07) is 0. The van der Waals surface area contributed by atoms with Gasteiger partial charge in [0.05, 0.1) is 13.2 Å². The van der Waals surface area contributed by atoms with Crippen LogP contribution in [0.1, 0.15) is 27.2 Å². The van der Waals surface area contributed by atoms with Gasteiger partial charge in [0.2, 0.25) is 10.0 Å². The summed E-state index contributed by atoms with van der Waals surface area (Å²) in [6.45, 7) is 7.01. The number of hydrogen-bond donors (Lipinski definition) is 0. The summed E-state index contributed by atoms with van der Waals surface area (Å²) in [5, 5.41) is 0. The lowest BCUT2D eigenvalue weighted by atomic mass is 10.1. The largest absolute Gasteiger partial charge is 0.379 e. The van der Waals surface area contributed by atoms with Gasteiger partial charge in [-0.15, -0.1) is 0 Å². The van der Waals surface area contributed by atoms with Crippen LogP contribution in [0.15, 0.2) is 11.1 Å². The van der Waals surface area contributed by atoms with Crippen LogP contribution < -0.4 is 0 Å². The van der Waals surface area contributed by atoms with Crippen molar-refractivity contribution in [3.05, 3.63) is 11.1 Å². The third kappa shape index (κ3) is 2.53. The van der Waals surface area contributed by atoms with Gasteiger partial charge in [0.1, 0.15) is 0 Å². The van der Waals surface area contributed by atoms with Gasteiger partial charge in [-0.1, -0.05) is 11.1 Å². The topological polar surface area (TPSA) is 63.7 Å². The monoisotopic (exact) mass is 307 g/mol. The molecule has 0 aliphatic carbocycles. The Morgan fingerprint density at radius 1 is 1.21 bits per heavy atom. The highest BCUT2D eigenvalue weighted by Crippen LogP contribution is 2.37. The smallest absolute Gasteiger partial charge is 0.232 e. The van der Waals surface area contributed by atoms with Crippen LogP contribution >= 0.6 is 0 Å². The Labute approximate surface area is 117 Å². The van der Waals surface area contributed by atoms with Gasteiger partial charge in [-0.25, -0.2) is 8.42 Å². The van der Waals surface area contributed by atoms with Crippen LogP contribution in [-0.4, -0.2) is 53.1 Å². The summed E-state index contributed by atoms with van der Waals surface area (Å²) in [7, 11) is -4.96. The van der Waals surface area contributed by atoms with Gasteiger partial charge in [0.25, 0.3) is 0 Å². The van der Waals surface area contributed by atoms with Crippen LogP contribution in [0.5, 0.6) is 0 Å². The van der Waals surface area contributed by atoms with Crippen molar-refractivity contribution in [3.63, 3.8) is 0 Å². The van der Waals surface area contributed by atoms with Crippen molar-refractivity contribution in [2.45, 2.75) is 31.3 Å². The fourth-order valence-electron chi connectivity index (χ4n) is 2.45. The van der Waals surface area contributed by atoms with Crippen LogP contribution in [0.2, 0.25) is 0 Å². The molecule has 7 heteroatoms. The summed E-state index contributed by atoms with van der Waals surface area (Å²) < 4.78 is 43.4. The molecule has 0 unspecified atom stereocenters. The van der Waals surface area contributed by atoms with E-state index in [1.165, 1.54) is 4.31 Å². The van der Waals surface area contributed by atoms with E-state index in [0.717, 1.165) is 11.1 Å². The van der Waals surface area contributed by atoms with Gasteiger partial charge < -0.3 is 4.74 Å². The highest BCUT2D eigenvalue weighted by molar-refractivity contribution is 8.06. The first kappa shape index (κ1) is 15.2. The Bertz CT molecular complexity index is 520. The first-order valence-corrected chi connectivity index (χ1v) is 9.16. The maximum atomic E-state index is 12.8. The van der Waals surface area contributed by atoms with Gasteiger partial charge in [0.15, 0.2) is 4.08 Å². The van der Waals surface area contributed by atoms with Crippen molar-refractivity contribution in [1.82, 2.24) is 4.31 Å². The van der Waals surface area contributed by atoms with Crippen molar-refractivity contribution >= 4 is 20.8 Å². The molecular formula is C12H21NO4S2. The minimum absolute atomic E-state index is 0.352. The predicted molar refractivity (Wildman–Crippen MR) is 75.7 cm³/mol. The van der Waals surface area contributed by atoms with Gasteiger partial charge in [-0.3, -0.25) is 4.21 Å². The van der Waals surface area contributed by atoms with Crippen LogP contribution in [-0.2, 0) is 25.6 Å². The molecule has 0 spiro atoms. The van der Waals surface area contributed by atoms with Gasteiger partial charge >= 0.3 is 0 Å². The molecule has 0 aromatic carbocycles. The van der Waals surface area contributed by atoms with E-state index in [0.29, 0.717) is 38.5 Å². The number of allylic oxidation sites excluding steroid dienone is 1. The van der Waals surface area contributed by atoms with Crippen molar-refractivity contribution < 1.29 is 17.4 Å². The summed E-state index contributed by atoms with van der Waals surface area (Å²) in [5.74, 6) is 0.353. The van der Waals surface area contributed by atoms with E-state index in [2.05, 4.69) is 0 Å². The number of ether oxygens (including phenoxy) is 1. The van der Waals surface area contributed by atoms with E-state index in [-0.39, 0.29) is 0 Å². The van der Waals surface area contributed by atoms with Crippen LogP contribution in [0.25, 0.3) is 0 Å². The first-order valence-electron chi connectivity index (χ1n) is 6.40. The maximum absolute atomic E-state index is 12.8. The molecule has 0 aromatic rings. The van der Waals surface area contributed by atoms with E-state index >= 15 is 0 Å². The standard InChI is InChI=1S/C12H21NO4S2/c1-10-8-12(3,18(14)9-11(10)2)19(15,16)13-4-6-17-7-5-13/h4-9H2,1-3H3/t12-,18-/m0/s1. The van der Waals surface area contributed by atoms with Crippen LogP contribution in [0.4, 0.5) is 0 Å². The van der Waals surface area contributed by atoms with E-state index < -0.39 is 24.9 Å². The van der Waals surface area contributed by atoms with Crippen molar-refractivity contribution in [2.75, 3.05) is 32.1 Å². The second kappa shape index (κ2) is 5.27. The molecule has 0 bridgehead atoms. The summed E-state index contributed by atoms with van der Waals surface area (Å²) in [4.78, 5) is 0. The molecule has 0 amide bonds. The third-order valence-electron chi connectivity index (χ3n) is 4.00. The average molecular weight is 307 g/mol. The third-order valence-corrected chi connectivity index (χ3v) is 9.27. The van der Waals surface area contributed by atoms with Gasteiger partial charge in [0, 0.05) is 36.1 Å². The SMILES string of the molecule is CC1=C(C)C[C@](C)(S(=O)(=O)N2CCOCC2)[S@@](=O)C1. The molecule has 0 radical (unpaired) electrons. The Hall–Kier alpha value is -0.240. The normalized spacial score (nSPS) is 34.6. The zero-order valence-electron chi connectivity index (χ0n) is 11.6. The molecule has 0 aromatic heterocycles. The minimum atomic E-state index is -3.57. The van der Waals surface area contributed by atoms with Crippen molar-refractivity contribution in [3.8, 4) is 0 Å². The lowest BCUT2D eigenvalue weighted by molar-refractivity contribution is 0.0724. The Kier molecular flexibility index (Phi) is 4.21. The van der Waals surface area contributed by atoms with E-state index in [4.69, 9.17) is 4.74 Å². The zero-order chi connectivity index (χ0) is 14.3. The zero-order valence-corrected chi connectivity index (χ0v) is 13.3. The minimum Gasteiger partial charge on any atom is -0.379 e. The van der Waals surface area contributed by atoms with E-state index in [1.807, 2.05) is 13.8 Å². The molecule has 19 heavy (non-hydrogen) atoms. The molecule has 110 valence electrons. The molecule has 0 N–H and O–H groups in total. The second-order valence-corrected chi connectivity index (χ2v) is 9.88. The predicted octanol–water partition coefficient (Wildman–Crippen LogP) is 0.853. The Morgan fingerprint density at radius 3 is 2.37 bits per heavy atom. The lowest BCUT2D eigenvalue weighted by Gasteiger charge is -2.38. The molecule has 5 nitrogen and oxygen atoms in total. The molecule has 2 atom stereocenters. The maximum Gasteiger partial charge on any atom is 0.232 e. The second-order valence-electron chi connectivity index (χ2n) is 5.38. The van der Waals surface area contributed by atoms with Gasteiger partial charge in [-0.2, -0.15) is 4.31 Å². The Morgan fingerprint density at radius 2 is 1.79 bits per heavy atom. The molecule has 2 heterocycles. The summed E-state index contributed by atoms with van der Waals surface area (Å²) >= 11 is 0. The molecule has 2 aliphatic heterocycles. The number of sulfonamides is 1. The summed E-state index contributed by atoms with van der Waals surface area (Å²) in [6.07, 6.45) is 0.352. The average Bonchev–Trinajstić information content (AvgIpc) is 2.37. The van der Waals surface area contributed by atoms with Crippen LogP contribution in [0, 0.1) is 0 Å². The molecule has 2 rings (SSSR count). The van der Waals surface area contributed by atoms with Crippen LogP contribution in [0.3, 0.4) is 0 Å². The lowest BCUT2D eigenvalue weighted by Crippen LogP contribution is -2.54. The highest BCUT2D eigenvalue weighted by atomic mass is 32.3. The molecule has 1 saturated heterocycles. The molecule has 1 fully saturated rings. The van der Waals surface area contributed by atoms with E-state index in [9.17, 15) is 12.6 Å². The molecule has 0 saturated carbocycles. The van der Waals surface area contributed by atoms with E-state index in [1.54, 1.807) is 6.92 Å². The Balaban J connectivity index is 2.35. The van der Waals surface area contributed by atoms with Crippen molar-refractivity contribution in [1.29, 1.82) is 0 Å². The van der Waals surface area contributed by atoms with Crippen molar-refractivity contribution in [2.24, 2.45) is 0 Å². The number of hydrogen-bond acceptors (Lipinski definition) is 4. The molecular weight excluding hydrogens is 286 g/mol. The fourth-order valence-corrected chi connectivity index (χ4v) is 6.78.